The van der Waals surface area contributed by atoms with Gasteiger partial charge in [0.2, 0.25) is 5.91 Å². The molecule has 2 N–H and O–H groups in total. The summed E-state index contributed by atoms with van der Waals surface area (Å²) in [5.74, 6) is -0.863. The molecule has 0 aliphatic heterocycles. The van der Waals surface area contributed by atoms with Gasteiger partial charge in [-0.2, -0.15) is 0 Å². The number of hydrogen-bond donors (Lipinski definition) is 2. The zero-order valence-electron chi connectivity index (χ0n) is 14.5. The van der Waals surface area contributed by atoms with Crippen molar-refractivity contribution in [3.8, 4) is 0 Å². The summed E-state index contributed by atoms with van der Waals surface area (Å²) in [5, 5.41) is 18.0. The Balaban J connectivity index is 1.85. The molecule has 1 aromatic carbocycles. The molecule has 0 aliphatic carbocycles. The lowest BCUT2D eigenvalue weighted by Gasteiger charge is -2.23. The van der Waals surface area contributed by atoms with Crippen LogP contribution in [-0.2, 0) is 4.79 Å². The highest BCUT2D eigenvalue weighted by atomic mass is 32.1. The molecule has 138 valence electrons. The minimum Gasteiger partial charge on any atom is -0.353 e. The first kappa shape index (κ1) is 19.5. The zero-order chi connectivity index (χ0) is 19.1. The van der Waals surface area contributed by atoms with E-state index in [4.69, 9.17) is 0 Å². The Kier molecular flexibility index (Phi) is 6.81. The van der Waals surface area contributed by atoms with Gasteiger partial charge in [0.25, 0.3) is 11.6 Å². The summed E-state index contributed by atoms with van der Waals surface area (Å²) in [6, 6.07) is 9.37. The van der Waals surface area contributed by atoms with Crippen LogP contribution in [0, 0.1) is 10.1 Å². The quantitative estimate of drug-likeness (QED) is 0.540. The minimum absolute atomic E-state index is 0.0476. The van der Waals surface area contributed by atoms with Gasteiger partial charge in [0.05, 0.1) is 17.5 Å². The highest BCUT2D eigenvalue weighted by Gasteiger charge is 2.17. The van der Waals surface area contributed by atoms with Gasteiger partial charge in [0.15, 0.2) is 0 Å². The molecule has 2 aromatic rings. The maximum atomic E-state index is 12.0. The average Bonchev–Trinajstić information content (AvgIpc) is 3.13. The third-order valence-electron chi connectivity index (χ3n) is 3.72. The van der Waals surface area contributed by atoms with E-state index in [1.54, 1.807) is 11.3 Å². The van der Waals surface area contributed by atoms with E-state index < -0.39 is 10.8 Å². The fraction of sp³-hybridized carbons (Fsp3) is 0.294. The lowest BCUT2D eigenvalue weighted by molar-refractivity contribution is -0.384. The SMILES string of the molecule is CN(C)C(CNC(=O)CNC(=O)c1cccc([N+](=O)[O-])c1)c1cccs1. The highest BCUT2D eigenvalue weighted by molar-refractivity contribution is 7.10. The molecule has 1 heterocycles. The molecule has 0 aliphatic rings. The van der Waals surface area contributed by atoms with Gasteiger partial charge in [-0.15, -0.1) is 11.3 Å². The van der Waals surface area contributed by atoms with Gasteiger partial charge in [-0.05, 0) is 31.6 Å². The molecule has 2 amide bonds. The summed E-state index contributed by atoms with van der Waals surface area (Å²) in [6.07, 6.45) is 0. The first-order valence-electron chi connectivity index (χ1n) is 7.87. The van der Waals surface area contributed by atoms with Crippen LogP contribution in [0.1, 0.15) is 21.3 Å². The normalized spacial score (nSPS) is 11.8. The van der Waals surface area contributed by atoms with E-state index in [0.29, 0.717) is 6.54 Å². The van der Waals surface area contributed by atoms with Crippen LogP contribution < -0.4 is 10.6 Å². The van der Waals surface area contributed by atoms with Crippen LogP contribution in [0.3, 0.4) is 0 Å². The van der Waals surface area contributed by atoms with Gasteiger partial charge in [0, 0.05) is 29.1 Å². The van der Waals surface area contributed by atoms with Gasteiger partial charge < -0.3 is 15.5 Å². The number of non-ortho nitro benzene ring substituents is 1. The number of benzene rings is 1. The number of thiophene rings is 1. The summed E-state index contributed by atoms with van der Waals surface area (Å²) in [6.45, 7) is 0.213. The summed E-state index contributed by atoms with van der Waals surface area (Å²) in [4.78, 5) is 37.4. The Hall–Kier alpha value is -2.78. The number of amides is 2. The molecule has 2 rings (SSSR count). The molecule has 0 spiro atoms. The van der Waals surface area contributed by atoms with Crippen molar-refractivity contribution in [2.75, 3.05) is 27.2 Å². The van der Waals surface area contributed by atoms with Crippen molar-refractivity contribution in [2.24, 2.45) is 0 Å². The smallest absolute Gasteiger partial charge is 0.270 e. The molecule has 0 saturated carbocycles. The van der Waals surface area contributed by atoms with Crippen LogP contribution in [0.4, 0.5) is 5.69 Å². The molecule has 1 aromatic heterocycles. The first-order valence-corrected chi connectivity index (χ1v) is 8.75. The molecule has 0 fully saturated rings. The van der Waals surface area contributed by atoms with Crippen LogP contribution in [0.2, 0.25) is 0 Å². The summed E-state index contributed by atoms with van der Waals surface area (Å²) in [5.41, 5.74) is -0.0383. The van der Waals surface area contributed by atoms with Gasteiger partial charge in [-0.25, -0.2) is 0 Å². The van der Waals surface area contributed by atoms with Crippen molar-refractivity contribution < 1.29 is 14.5 Å². The maximum Gasteiger partial charge on any atom is 0.270 e. The topological polar surface area (TPSA) is 105 Å². The Bertz CT molecular complexity index is 777. The molecule has 8 nitrogen and oxygen atoms in total. The van der Waals surface area contributed by atoms with E-state index >= 15 is 0 Å². The fourth-order valence-corrected chi connectivity index (χ4v) is 3.24. The largest absolute Gasteiger partial charge is 0.353 e. The van der Waals surface area contributed by atoms with E-state index in [1.165, 1.54) is 24.3 Å². The standard InChI is InChI=1S/C17H20N4O4S/c1-20(2)14(15-7-4-8-26-15)10-18-16(22)11-19-17(23)12-5-3-6-13(9-12)21(24)25/h3-9,14H,10-11H2,1-2H3,(H,18,22)(H,19,23). The van der Waals surface area contributed by atoms with E-state index in [-0.39, 0.29) is 29.7 Å². The lowest BCUT2D eigenvalue weighted by Crippen LogP contribution is -2.40. The predicted octanol–water partition coefficient (Wildman–Crippen LogP) is 1.81. The molecule has 26 heavy (non-hydrogen) atoms. The van der Waals surface area contributed by atoms with Gasteiger partial charge in [0.1, 0.15) is 0 Å². The zero-order valence-corrected chi connectivity index (χ0v) is 15.3. The second-order valence-electron chi connectivity index (χ2n) is 5.79. The molecule has 0 saturated heterocycles. The van der Waals surface area contributed by atoms with Crippen molar-refractivity contribution >= 4 is 28.8 Å². The average molecular weight is 376 g/mol. The molecule has 0 radical (unpaired) electrons. The van der Waals surface area contributed by atoms with E-state index in [9.17, 15) is 19.7 Å². The van der Waals surface area contributed by atoms with Crippen LogP contribution in [0.5, 0.6) is 0 Å². The number of nitro benzene ring substituents is 1. The van der Waals surface area contributed by atoms with Gasteiger partial charge in [-0.1, -0.05) is 12.1 Å². The van der Waals surface area contributed by atoms with Gasteiger partial charge >= 0.3 is 0 Å². The molecule has 9 heteroatoms. The van der Waals surface area contributed by atoms with Crippen LogP contribution >= 0.6 is 11.3 Å². The number of carbonyl (C=O) groups excluding carboxylic acids is 2. The molecule has 1 unspecified atom stereocenters. The van der Waals surface area contributed by atoms with Crippen molar-refractivity contribution in [2.45, 2.75) is 6.04 Å². The second kappa shape index (κ2) is 9.07. The maximum absolute atomic E-state index is 12.0. The Morgan fingerprint density at radius 1 is 1.23 bits per heavy atom. The number of carbonyl (C=O) groups is 2. The lowest BCUT2D eigenvalue weighted by atomic mass is 10.2. The number of rotatable bonds is 8. The van der Waals surface area contributed by atoms with Crippen LogP contribution in [0.25, 0.3) is 0 Å². The fourth-order valence-electron chi connectivity index (χ4n) is 2.31. The van der Waals surface area contributed by atoms with Crippen LogP contribution in [-0.4, -0.2) is 48.8 Å². The number of nitrogens with one attached hydrogen (secondary N) is 2. The Morgan fingerprint density at radius 3 is 2.62 bits per heavy atom. The molecule has 1 atom stereocenters. The number of nitrogens with zero attached hydrogens (tertiary/aromatic N) is 2. The summed E-state index contributed by atoms with van der Waals surface area (Å²) < 4.78 is 0. The summed E-state index contributed by atoms with van der Waals surface area (Å²) in [7, 11) is 3.86. The van der Waals surface area contributed by atoms with Gasteiger partial charge in [-0.3, -0.25) is 19.7 Å². The summed E-state index contributed by atoms with van der Waals surface area (Å²) >= 11 is 1.61. The predicted molar refractivity (Wildman–Crippen MR) is 99.2 cm³/mol. The third-order valence-corrected chi connectivity index (χ3v) is 4.69. The Labute approximate surface area is 155 Å². The monoisotopic (exact) mass is 376 g/mol. The van der Waals surface area contributed by atoms with Crippen molar-refractivity contribution in [1.29, 1.82) is 0 Å². The highest BCUT2D eigenvalue weighted by Crippen LogP contribution is 2.22. The van der Waals surface area contributed by atoms with E-state index in [0.717, 1.165) is 4.88 Å². The number of hydrogen-bond acceptors (Lipinski definition) is 6. The van der Waals surface area contributed by atoms with E-state index in [1.807, 2.05) is 36.5 Å². The third kappa shape index (κ3) is 5.36. The molecular weight excluding hydrogens is 356 g/mol. The van der Waals surface area contributed by atoms with Crippen LogP contribution in [0.15, 0.2) is 41.8 Å². The first-order chi connectivity index (χ1) is 12.4. The van der Waals surface area contributed by atoms with Crippen molar-refractivity contribution in [1.82, 2.24) is 15.5 Å². The molecule has 0 bridgehead atoms. The van der Waals surface area contributed by atoms with Crippen molar-refractivity contribution in [3.05, 3.63) is 62.3 Å². The number of nitro groups is 1. The Morgan fingerprint density at radius 2 is 2.00 bits per heavy atom. The minimum atomic E-state index is -0.574. The van der Waals surface area contributed by atoms with Crippen molar-refractivity contribution in [3.63, 3.8) is 0 Å². The second-order valence-corrected chi connectivity index (χ2v) is 6.77. The van der Waals surface area contributed by atoms with E-state index in [2.05, 4.69) is 10.6 Å². The number of likely N-dealkylation sites (N-methyl/N-ethyl adjacent to an activating group) is 1. The molecular formula is C17H20N4O4S.